The maximum absolute atomic E-state index is 6.11. The molecule has 4 aromatic carbocycles. The Kier molecular flexibility index (Phi) is 2.53. The third-order valence-corrected chi connectivity index (χ3v) is 4.26. The van der Waals surface area contributed by atoms with Crippen molar-refractivity contribution in [3.63, 3.8) is 0 Å². The number of rotatable bonds is 1. The number of fused-ring (bicyclic) bond motifs is 4. The molecule has 1 heterocycles. The van der Waals surface area contributed by atoms with E-state index in [0.29, 0.717) is 5.89 Å². The fourth-order valence-corrected chi connectivity index (χ4v) is 3.10. The molecule has 2 nitrogen and oxygen atoms in total. The minimum Gasteiger partial charge on any atom is -0.435 e. The van der Waals surface area contributed by atoms with Gasteiger partial charge in [0.25, 0.3) is 0 Å². The summed E-state index contributed by atoms with van der Waals surface area (Å²) < 4.78 is 6.11. The summed E-state index contributed by atoms with van der Waals surface area (Å²) in [5.74, 6) is 0.668. The van der Waals surface area contributed by atoms with Crippen LogP contribution in [0.1, 0.15) is 0 Å². The van der Waals surface area contributed by atoms with Crippen molar-refractivity contribution < 1.29 is 4.42 Å². The van der Waals surface area contributed by atoms with E-state index in [9.17, 15) is 0 Å². The van der Waals surface area contributed by atoms with E-state index in [2.05, 4.69) is 47.4 Å². The van der Waals surface area contributed by atoms with Crippen LogP contribution in [0.5, 0.6) is 0 Å². The number of oxazole rings is 1. The molecule has 2 heteroatoms. The summed E-state index contributed by atoms with van der Waals surface area (Å²) in [6.45, 7) is 0. The molecule has 0 atom stereocenters. The van der Waals surface area contributed by atoms with Gasteiger partial charge in [0.2, 0.25) is 5.89 Å². The monoisotopic (exact) mass is 295 g/mol. The molecule has 0 spiro atoms. The molecule has 0 radical (unpaired) electrons. The molecule has 0 saturated carbocycles. The highest BCUT2D eigenvalue weighted by atomic mass is 16.3. The summed E-state index contributed by atoms with van der Waals surface area (Å²) in [6.07, 6.45) is 0. The van der Waals surface area contributed by atoms with E-state index in [1.54, 1.807) is 0 Å². The highest BCUT2D eigenvalue weighted by molar-refractivity contribution is 6.09. The minimum absolute atomic E-state index is 0.668. The molecule has 108 valence electrons. The molecule has 0 fully saturated rings. The molecule has 0 bridgehead atoms. The Bertz CT molecular complexity index is 1160. The standard InChI is InChI=1S/C21H13NO/c1-2-6-14(7-3-1)21-22-19-11-10-17-12-15-8-4-5-9-16(15)13-18(17)20(19)23-21/h1-13H. The van der Waals surface area contributed by atoms with Crippen molar-refractivity contribution in [2.45, 2.75) is 0 Å². The third-order valence-electron chi connectivity index (χ3n) is 4.26. The molecule has 0 aliphatic heterocycles. The zero-order valence-corrected chi connectivity index (χ0v) is 12.4. The van der Waals surface area contributed by atoms with Crippen molar-refractivity contribution in [1.82, 2.24) is 4.98 Å². The first-order chi connectivity index (χ1) is 11.4. The average Bonchev–Trinajstić information content (AvgIpc) is 3.05. The maximum Gasteiger partial charge on any atom is 0.227 e. The lowest BCUT2D eigenvalue weighted by Crippen LogP contribution is -1.77. The Morgan fingerprint density at radius 2 is 1.39 bits per heavy atom. The van der Waals surface area contributed by atoms with Crippen molar-refractivity contribution in [1.29, 1.82) is 0 Å². The molecule has 0 aliphatic carbocycles. The minimum atomic E-state index is 0.668. The van der Waals surface area contributed by atoms with Crippen LogP contribution in [0.25, 0.3) is 44.1 Å². The van der Waals surface area contributed by atoms with Crippen LogP contribution in [0.3, 0.4) is 0 Å². The van der Waals surface area contributed by atoms with Gasteiger partial charge in [0, 0.05) is 10.9 Å². The molecule has 5 aromatic rings. The van der Waals surface area contributed by atoms with Crippen LogP contribution in [-0.4, -0.2) is 4.98 Å². The first-order valence-corrected chi connectivity index (χ1v) is 7.66. The van der Waals surface area contributed by atoms with Crippen LogP contribution in [0, 0.1) is 0 Å². The topological polar surface area (TPSA) is 26.0 Å². The van der Waals surface area contributed by atoms with Gasteiger partial charge in [-0.3, -0.25) is 0 Å². The van der Waals surface area contributed by atoms with E-state index in [1.807, 2.05) is 36.4 Å². The lowest BCUT2D eigenvalue weighted by atomic mass is 10.0. The molecule has 0 unspecified atom stereocenters. The maximum atomic E-state index is 6.11. The first-order valence-electron chi connectivity index (χ1n) is 7.66. The van der Waals surface area contributed by atoms with Gasteiger partial charge in [-0.05, 0) is 46.5 Å². The molecule has 23 heavy (non-hydrogen) atoms. The van der Waals surface area contributed by atoms with Crippen molar-refractivity contribution in [3.8, 4) is 11.5 Å². The SMILES string of the molecule is c1ccc(-c2nc3ccc4cc5ccccc5cc4c3o2)cc1. The molecule has 0 N–H and O–H groups in total. The van der Waals surface area contributed by atoms with Gasteiger partial charge < -0.3 is 4.42 Å². The highest BCUT2D eigenvalue weighted by Gasteiger charge is 2.11. The predicted molar refractivity (Wildman–Crippen MR) is 94.5 cm³/mol. The Balaban J connectivity index is 1.85. The lowest BCUT2D eigenvalue weighted by Gasteiger charge is -2.02. The lowest BCUT2D eigenvalue weighted by molar-refractivity contribution is 0.623. The summed E-state index contributed by atoms with van der Waals surface area (Å²) in [5.41, 5.74) is 2.75. The second kappa shape index (κ2) is 4.68. The number of hydrogen-bond donors (Lipinski definition) is 0. The van der Waals surface area contributed by atoms with E-state index in [0.717, 1.165) is 22.0 Å². The molecule has 0 aliphatic rings. The second-order valence-electron chi connectivity index (χ2n) is 5.72. The number of hydrogen-bond acceptors (Lipinski definition) is 2. The van der Waals surface area contributed by atoms with E-state index < -0.39 is 0 Å². The van der Waals surface area contributed by atoms with Gasteiger partial charge in [0.1, 0.15) is 5.52 Å². The van der Waals surface area contributed by atoms with Gasteiger partial charge in [-0.15, -0.1) is 0 Å². The Morgan fingerprint density at radius 3 is 2.22 bits per heavy atom. The smallest absolute Gasteiger partial charge is 0.227 e. The fourth-order valence-electron chi connectivity index (χ4n) is 3.10. The Hall–Kier alpha value is -3.13. The van der Waals surface area contributed by atoms with Crippen molar-refractivity contribution in [2.24, 2.45) is 0 Å². The van der Waals surface area contributed by atoms with Crippen LogP contribution >= 0.6 is 0 Å². The molecule has 1 aromatic heterocycles. The summed E-state index contributed by atoms with van der Waals surface area (Å²) in [5, 5.41) is 4.73. The predicted octanol–water partition coefficient (Wildman–Crippen LogP) is 5.80. The van der Waals surface area contributed by atoms with Crippen LogP contribution in [0.2, 0.25) is 0 Å². The van der Waals surface area contributed by atoms with Crippen LogP contribution < -0.4 is 0 Å². The Labute approximate surface area is 133 Å². The summed E-state index contributed by atoms with van der Waals surface area (Å²) in [6, 6.07) is 26.9. The van der Waals surface area contributed by atoms with Crippen molar-refractivity contribution in [2.75, 3.05) is 0 Å². The van der Waals surface area contributed by atoms with Gasteiger partial charge >= 0.3 is 0 Å². The number of benzene rings is 4. The summed E-state index contributed by atoms with van der Waals surface area (Å²) in [4.78, 5) is 4.65. The largest absolute Gasteiger partial charge is 0.435 e. The second-order valence-corrected chi connectivity index (χ2v) is 5.72. The summed E-state index contributed by atoms with van der Waals surface area (Å²) >= 11 is 0. The van der Waals surface area contributed by atoms with Crippen molar-refractivity contribution in [3.05, 3.63) is 78.9 Å². The quantitative estimate of drug-likeness (QED) is 0.365. The zero-order chi connectivity index (χ0) is 15.2. The van der Waals surface area contributed by atoms with Gasteiger partial charge in [-0.25, -0.2) is 4.98 Å². The fraction of sp³-hybridized carbons (Fsp3) is 0. The zero-order valence-electron chi connectivity index (χ0n) is 12.4. The van der Waals surface area contributed by atoms with Crippen LogP contribution in [0.15, 0.2) is 83.3 Å². The third kappa shape index (κ3) is 1.92. The average molecular weight is 295 g/mol. The molecular formula is C21H13NO. The summed E-state index contributed by atoms with van der Waals surface area (Å²) in [7, 11) is 0. The molecule has 5 rings (SSSR count). The highest BCUT2D eigenvalue weighted by Crippen LogP contribution is 2.32. The van der Waals surface area contributed by atoms with E-state index >= 15 is 0 Å². The van der Waals surface area contributed by atoms with Crippen molar-refractivity contribution >= 4 is 32.6 Å². The van der Waals surface area contributed by atoms with Gasteiger partial charge in [0.05, 0.1) is 0 Å². The van der Waals surface area contributed by atoms with Crippen LogP contribution in [-0.2, 0) is 0 Å². The van der Waals surface area contributed by atoms with Gasteiger partial charge in [0.15, 0.2) is 5.58 Å². The normalized spacial score (nSPS) is 11.5. The molecule has 0 amide bonds. The van der Waals surface area contributed by atoms with E-state index in [4.69, 9.17) is 4.42 Å². The van der Waals surface area contributed by atoms with Crippen LogP contribution in [0.4, 0.5) is 0 Å². The number of nitrogens with zero attached hydrogens (tertiary/aromatic N) is 1. The van der Waals surface area contributed by atoms with E-state index in [-0.39, 0.29) is 0 Å². The van der Waals surface area contributed by atoms with Gasteiger partial charge in [-0.2, -0.15) is 0 Å². The first kappa shape index (κ1) is 12.4. The Morgan fingerprint density at radius 1 is 0.652 bits per heavy atom. The number of aromatic nitrogens is 1. The van der Waals surface area contributed by atoms with Gasteiger partial charge in [-0.1, -0.05) is 48.5 Å². The molecular weight excluding hydrogens is 282 g/mol. The van der Waals surface area contributed by atoms with E-state index in [1.165, 1.54) is 16.2 Å². The molecule has 0 saturated heterocycles.